The number of aromatic hydroxyl groups is 14. The van der Waals surface area contributed by atoms with Crippen LogP contribution in [-0.4, -0.2) is 146 Å². The highest BCUT2D eigenvalue weighted by molar-refractivity contribution is 6.08. The van der Waals surface area contributed by atoms with Gasteiger partial charge in [-0.2, -0.15) is 0 Å². The summed E-state index contributed by atoms with van der Waals surface area (Å²) in [5.74, 6) is -26.5. The SMILES string of the molecule is COC(=O)c1cc(O)c(O)c(O)c1Oc1cc2c(c(O)c1O)-c1c(cc(O)c(O)c1O)C(=O)O[C@@H]1C(COC2=O)OCC(OC(=O)c2cc(O)c(O)c(O)c2)C1OC(=O)c1cc(O)c(O)c(O)c1. The molecule has 2 heterocycles. The fourth-order valence-electron chi connectivity index (χ4n) is 6.91. The molecule has 2 aliphatic rings. The van der Waals surface area contributed by atoms with Crippen molar-refractivity contribution in [2.75, 3.05) is 20.3 Å². The van der Waals surface area contributed by atoms with Crippen LogP contribution >= 0.6 is 0 Å². The summed E-state index contributed by atoms with van der Waals surface area (Å²) >= 11 is 0. The van der Waals surface area contributed by atoms with E-state index in [4.69, 9.17) is 28.4 Å². The Morgan fingerprint density at radius 3 is 1.57 bits per heavy atom. The summed E-state index contributed by atoms with van der Waals surface area (Å²) in [6.07, 6.45) is -8.05. The van der Waals surface area contributed by atoms with Gasteiger partial charge in [0.1, 0.15) is 18.3 Å². The van der Waals surface area contributed by atoms with Gasteiger partial charge in [-0.3, -0.25) is 0 Å². The lowest BCUT2D eigenvalue weighted by Crippen LogP contribution is -2.59. The van der Waals surface area contributed by atoms with Gasteiger partial charge < -0.3 is 105 Å². The number of fused-ring (bicyclic) bond motifs is 4. The summed E-state index contributed by atoms with van der Waals surface area (Å²) in [7, 11) is 0.872. The molecule has 5 aromatic rings. The van der Waals surface area contributed by atoms with Crippen LogP contribution in [0.25, 0.3) is 11.1 Å². The van der Waals surface area contributed by atoms with E-state index in [0.29, 0.717) is 42.5 Å². The Bertz CT molecular complexity index is 2930. The molecule has 0 saturated carbocycles. The Morgan fingerprint density at radius 2 is 1.01 bits per heavy atom. The van der Waals surface area contributed by atoms with Crippen LogP contribution in [0, 0.1) is 0 Å². The first-order valence-corrected chi connectivity index (χ1v) is 18.9. The topological polar surface area (TPSA) is 433 Å². The summed E-state index contributed by atoms with van der Waals surface area (Å²) in [4.78, 5) is 68.3. The molecular weight excluding hydrogens is 920 g/mol. The van der Waals surface area contributed by atoms with E-state index in [1.165, 1.54) is 0 Å². The molecule has 0 spiro atoms. The molecule has 0 radical (unpaired) electrons. The third kappa shape index (κ3) is 8.08. The predicted octanol–water partition coefficient (Wildman–Crippen LogP) is 2.36. The molecule has 3 unspecified atom stereocenters. The monoisotopic (exact) mass is 952 g/mol. The van der Waals surface area contributed by atoms with Gasteiger partial charge in [0.05, 0.1) is 36.0 Å². The van der Waals surface area contributed by atoms with Gasteiger partial charge in [0.2, 0.25) is 23.0 Å². The minimum Gasteiger partial charge on any atom is -0.504 e. The van der Waals surface area contributed by atoms with Crippen LogP contribution in [0.1, 0.15) is 51.8 Å². The second kappa shape index (κ2) is 17.4. The third-order valence-corrected chi connectivity index (χ3v) is 10.3. The fourth-order valence-corrected chi connectivity index (χ4v) is 6.91. The maximum atomic E-state index is 14.4. The number of esters is 5. The van der Waals surface area contributed by atoms with E-state index < -0.39 is 198 Å². The standard InChI is InChI=1S/C42H32O26/c1-62-40(59)15-7-21(48)30(52)34(56)35(15)65-22-8-14-26(33(55)31(22)53)25-13(6-20(47)29(51)32(25)54)42(61)68-36-23(9-64-41(14)60)63-10-24(66-38(57)11-2-16(43)27(49)17(44)3-11)37(36)67-39(58)12-4-18(45)28(50)19(46)5-12/h2-8,23-24,36-37,43-56H,9-10H2,1H3/t23?,24?,36-,37?/m1/s1. The molecule has 26 nitrogen and oxygen atoms in total. The number of phenolic OH excluding ortho intramolecular Hbond substituents is 14. The lowest BCUT2D eigenvalue weighted by atomic mass is 9.91. The number of carbonyl (C=O) groups is 5. The summed E-state index contributed by atoms with van der Waals surface area (Å²) in [5.41, 5.74) is -6.37. The first kappa shape index (κ1) is 46.4. The predicted molar refractivity (Wildman–Crippen MR) is 214 cm³/mol. The van der Waals surface area contributed by atoms with Crippen LogP contribution < -0.4 is 4.74 Å². The summed E-state index contributed by atoms with van der Waals surface area (Å²) < 4.78 is 38.0. The van der Waals surface area contributed by atoms with Gasteiger partial charge >= 0.3 is 29.8 Å². The molecule has 356 valence electrons. The van der Waals surface area contributed by atoms with E-state index in [-0.39, 0.29) is 0 Å². The number of hydrogen-bond acceptors (Lipinski definition) is 26. The third-order valence-electron chi connectivity index (χ3n) is 10.3. The van der Waals surface area contributed by atoms with Crippen molar-refractivity contribution in [1.82, 2.24) is 0 Å². The number of hydrogen-bond donors (Lipinski definition) is 14. The second-order valence-corrected chi connectivity index (χ2v) is 14.5. The minimum absolute atomic E-state index is 0.434. The lowest BCUT2D eigenvalue weighted by molar-refractivity contribution is -0.197. The van der Waals surface area contributed by atoms with Crippen molar-refractivity contribution in [3.8, 4) is 103 Å². The number of methoxy groups -OCH3 is 1. The summed E-state index contributed by atoms with van der Waals surface area (Å²) in [5, 5.41) is 146. The molecule has 26 heteroatoms. The molecule has 5 aromatic carbocycles. The number of carbonyl (C=O) groups excluding carboxylic acids is 5. The van der Waals surface area contributed by atoms with Crippen molar-refractivity contribution in [2.24, 2.45) is 0 Å². The van der Waals surface area contributed by atoms with E-state index in [0.717, 1.165) is 7.11 Å². The van der Waals surface area contributed by atoms with Gasteiger partial charge in [0.15, 0.2) is 87.3 Å². The Hall–Kier alpha value is -9.59. The molecule has 68 heavy (non-hydrogen) atoms. The van der Waals surface area contributed by atoms with Crippen molar-refractivity contribution in [3.63, 3.8) is 0 Å². The highest BCUT2D eigenvalue weighted by Crippen LogP contribution is 2.55. The molecule has 1 fully saturated rings. The van der Waals surface area contributed by atoms with Crippen LogP contribution in [0.4, 0.5) is 0 Å². The van der Waals surface area contributed by atoms with Crippen molar-refractivity contribution >= 4 is 29.8 Å². The molecule has 2 aliphatic heterocycles. The smallest absolute Gasteiger partial charge is 0.341 e. The van der Waals surface area contributed by atoms with Crippen LogP contribution in [0.15, 0.2) is 42.5 Å². The Balaban J connectivity index is 1.37. The molecule has 1 saturated heterocycles. The molecule has 14 N–H and O–H groups in total. The minimum atomic E-state index is -2.17. The van der Waals surface area contributed by atoms with Crippen LogP contribution in [-0.2, 0) is 28.4 Å². The van der Waals surface area contributed by atoms with Gasteiger partial charge in [-0.25, -0.2) is 24.0 Å². The average molecular weight is 953 g/mol. The Kier molecular flexibility index (Phi) is 11.9. The zero-order valence-corrected chi connectivity index (χ0v) is 33.9. The number of benzene rings is 5. The molecule has 4 atom stereocenters. The van der Waals surface area contributed by atoms with Gasteiger partial charge in [-0.15, -0.1) is 0 Å². The van der Waals surface area contributed by atoms with Gasteiger partial charge in [0.25, 0.3) is 0 Å². The molecule has 0 bridgehead atoms. The first-order valence-electron chi connectivity index (χ1n) is 18.9. The van der Waals surface area contributed by atoms with Gasteiger partial charge in [0, 0.05) is 23.3 Å². The zero-order chi connectivity index (χ0) is 49.8. The number of rotatable bonds is 7. The van der Waals surface area contributed by atoms with E-state index in [1.807, 2.05) is 0 Å². The highest BCUT2D eigenvalue weighted by Gasteiger charge is 2.49. The molecule has 0 aromatic heterocycles. The quantitative estimate of drug-likeness (QED) is 0.0632. The van der Waals surface area contributed by atoms with E-state index >= 15 is 0 Å². The molecule has 7 rings (SSSR count). The van der Waals surface area contributed by atoms with Crippen molar-refractivity contribution < 1.29 is 129 Å². The molecule has 0 amide bonds. The van der Waals surface area contributed by atoms with Gasteiger partial charge in [-0.1, -0.05) is 0 Å². The van der Waals surface area contributed by atoms with Gasteiger partial charge in [-0.05, 0) is 30.3 Å². The fraction of sp³-hybridized carbons (Fsp3) is 0.167. The van der Waals surface area contributed by atoms with Crippen molar-refractivity contribution in [2.45, 2.75) is 24.4 Å². The number of cyclic esters (lactones) is 1. The number of phenols is 14. The Morgan fingerprint density at radius 1 is 0.529 bits per heavy atom. The van der Waals surface area contributed by atoms with E-state index in [2.05, 4.69) is 4.74 Å². The number of ether oxygens (including phenoxy) is 7. The second-order valence-electron chi connectivity index (χ2n) is 14.5. The Labute approximate surface area is 376 Å². The highest BCUT2D eigenvalue weighted by atomic mass is 16.7. The van der Waals surface area contributed by atoms with E-state index in [9.17, 15) is 95.5 Å². The summed E-state index contributed by atoms with van der Waals surface area (Å²) in [6, 6.07) is 4.09. The van der Waals surface area contributed by atoms with E-state index in [1.54, 1.807) is 0 Å². The van der Waals surface area contributed by atoms with Crippen LogP contribution in [0.3, 0.4) is 0 Å². The molecular formula is C42H32O26. The average Bonchev–Trinajstić information content (AvgIpc) is 3.31. The van der Waals surface area contributed by atoms with Crippen molar-refractivity contribution in [3.05, 3.63) is 70.3 Å². The van der Waals surface area contributed by atoms with Crippen molar-refractivity contribution in [1.29, 1.82) is 0 Å². The maximum Gasteiger partial charge on any atom is 0.341 e. The lowest BCUT2D eigenvalue weighted by Gasteiger charge is -2.40. The van der Waals surface area contributed by atoms with Crippen LogP contribution in [0.2, 0.25) is 0 Å². The largest absolute Gasteiger partial charge is 0.504 e. The zero-order valence-electron chi connectivity index (χ0n) is 33.9. The normalized spacial score (nSPS) is 17.7. The maximum absolute atomic E-state index is 14.4. The summed E-state index contributed by atoms with van der Waals surface area (Å²) in [6.45, 7) is -1.93. The molecule has 0 aliphatic carbocycles. The first-order chi connectivity index (χ1) is 32.0. The van der Waals surface area contributed by atoms with Crippen LogP contribution in [0.5, 0.6) is 92.0 Å².